The molecular formula is C20H17ClN6. The summed E-state index contributed by atoms with van der Waals surface area (Å²) < 4.78 is 4.05. The maximum Gasteiger partial charge on any atom is 0.160 e. The van der Waals surface area contributed by atoms with Gasteiger partial charge < -0.3 is 4.57 Å². The van der Waals surface area contributed by atoms with E-state index in [1.54, 1.807) is 0 Å². The topological polar surface area (TPSA) is 61.4 Å². The quantitative estimate of drug-likeness (QED) is 0.470. The molecule has 3 aromatic heterocycles. The molecule has 0 radical (unpaired) electrons. The molecule has 4 aromatic rings. The Hall–Kier alpha value is -2.99. The summed E-state index contributed by atoms with van der Waals surface area (Å²) in [5, 5.41) is 5.46. The summed E-state index contributed by atoms with van der Waals surface area (Å²) in [7, 11) is 0. The van der Waals surface area contributed by atoms with Crippen LogP contribution in [0.2, 0.25) is 5.02 Å². The summed E-state index contributed by atoms with van der Waals surface area (Å²) in [6.45, 7) is 4.63. The minimum Gasteiger partial charge on any atom is -0.300 e. The minimum absolute atomic E-state index is 0.621. The number of hydrogen-bond acceptors (Lipinski definition) is 4. The first-order chi connectivity index (χ1) is 13.1. The Balaban J connectivity index is 1.65. The van der Waals surface area contributed by atoms with Crippen molar-refractivity contribution in [1.82, 2.24) is 29.3 Å². The van der Waals surface area contributed by atoms with E-state index in [0.717, 1.165) is 45.5 Å². The van der Waals surface area contributed by atoms with E-state index in [1.807, 2.05) is 55.3 Å². The number of benzene rings is 1. The molecular weight excluding hydrogens is 360 g/mol. The van der Waals surface area contributed by atoms with Crippen LogP contribution in [-0.4, -0.2) is 29.3 Å². The summed E-state index contributed by atoms with van der Waals surface area (Å²) >= 11 is 6.29. The van der Waals surface area contributed by atoms with Crippen molar-refractivity contribution in [1.29, 1.82) is 0 Å². The number of hydrogen-bond donors (Lipinski definition) is 0. The van der Waals surface area contributed by atoms with E-state index < -0.39 is 0 Å². The summed E-state index contributed by atoms with van der Waals surface area (Å²) in [6.07, 6.45) is 4.34. The van der Waals surface area contributed by atoms with Gasteiger partial charge in [-0.3, -0.25) is 4.98 Å². The molecule has 7 heteroatoms. The Morgan fingerprint density at radius 1 is 1.11 bits per heavy atom. The Morgan fingerprint density at radius 2 is 2.00 bits per heavy atom. The van der Waals surface area contributed by atoms with Crippen LogP contribution in [0.5, 0.6) is 0 Å². The normalized spacial score (nSPS) is 12.3. The Labute approximate surface area is 161 Å². The lowest BCUT2D eigenvalue weighted by Crippen LogP contribution is -2.06. The zero-order valence-electron chi connectivity index (χ0n) is 15.0. The van der Waals surface area contributed by atoms with Crippen LogP contribution in [0, 0.1) is 13.8 Å². The molecule has 6 nitrogen and oxygen atoms in total. The number of imidazole rings is 1. The molecule has 0 spiro atoms. The third-order valence-electron chi connectivity index (χ3n) is 4.87. The van der Waals surface area contributed by atoms with Crippen molar-refractivity contribution >= 4 is 11.6 Å². The van der Waals surface area contributed by atoms with Gasteiger partial charge in [-0.1, -0.05) is 11.6 Å². The first-order valence-electron chi connectivity index (χ1n) is 8.77. The van der Waals surface area contributed by atoms with Gasteiger partial charge in [-0.05, 0) is 49.7 Å². The first-order valence-corrected chi connectivity index (χ1v) is 9.14. The van der Waals surface area contributed by atoms with Crippen LogP contribution < -0.4 is 0 Å². The van der Waals surface area contributed by atoms with Crippen molar-refractivity contribution in [2.24, 2.45) is 0 Å². The van der Waals surface area contributed by atoms with Crippen LogP contribution in [0.3, 0.4) is 0 Å². The zero-order valence-corrected chi connectivity index (χ0v) is 15.8. The summed E-state index contributed by atoms with van der Waals surface area (Å²) in [6, 6.07) is 9.92. The average Bonchev–Trinajstić information content (AvgIpc) is 3.16. The fraction of sp³-hybridized carbons (Fsp3) is 0.200. The first kappa shape index (κ1) is 16.2. The van der Waals surface area contributed by atoms with Gasteiger partial charge in [-0.25, -0.2) is 14.6 Å². The van der Waals surface area contributed by atoms with Gasteiger partial charge in [0.05, 0.1) is 29.9 Å². The smallest absolute Gasteiger partial charge is 0.160 e. The SMILES string of the molecule is Cc1cc(Cc2nc3n(n2)Cc2c(C)ncn2-c2ccc(Cl)cc2-3)ccn1. The number of nitrogens with zero attached hydrogens (tertiary/aromatic N) is 6. The second-order valence-corrected chi connectivity index (χ2v) is 7.24. The van der Waals surface area contributed by atoms with E-state index >= 15 is 0 Å². The highest BCUT2D eigenvalue weighted by Crippen LogP contribution is 2.33. The van der Waals surface area contributed by atoms with Gasteiger partial charge >= 0.3 is 0 Å². The number of aromatic nitrogens is 6. The molecule has 27 heavy (non-hydrogen) atoms. The van der Waals surface area contributed by atoms with Gasteiger partial charge in [0, 0.05) is 28.9 Å². The van der Waals surface area contributed by atoms with Crippen molar-refractivity contribution in [3.8, 4) is 17.1 Å². The molecule has 0 unspecified atom stereocenters. The summed E-state index contributed by atoms with van der Waals surface area (Å²) in [5.41, 5.74) is 6.22. The van der Waals surface area contributed by atoms with Gasteiger partial charge in [0.1, 0.15) is 0 Å². The molecule has 0 saturated carbocycles. The molecule has 4 heterocycles. The lowest BCUT2D eigenvalue weighted by Gasteiger charge is -2.08. The largest absolute Gasteiger partial charge is 0.300 e. The van der Waals surface area contributed by atoms with Gasteiger partial charge in [0.15, 0.2) is 11.6 Å². The average molecular weight is 377 g/mol. The second kappa shape index (κ2) is 6.03. The molecule has 1 aliphatic heterocycles. The summed E-state index contributed by atoms with van der Waals surface area (Å²) in [4.78, 5) is 13.6. The van der Waals surface area contributed by atoms with Crippen molar-refractivity contribution in [2.45, 2.75) is 26.8 Å². The molecule has 0 fully saturated rings. The fourth-order valence-electron chi connectivity index (χ4n) is 3.57. The number of fused-ring (bicyclic) bond motifs is 5. The van der Waals surface area contributed by atoms with Crippen LogP contribution in [-0.2, 0) is 13.0 Å². The van der Waals surface area contributed by atoms with Crippen LogP contribution in [0.15, 0.2) is 42.9 Å². The Kier molecular flexibility index (Phi) is 3.62. The van der Waals surface area contributed by atoms with E-state index in [-0.39, 0.29) is 0 Å². The highest BCUT2D eigenvalue weighted by molar-refractivity contribution is 6.31. The monoisotopic (exact) mass is 376 g/mol. The lowest BCUT2D eigenvalue weighted by atomic mass is 10.1. The van der Waals surface area contributed by atoms with Gasteiger partial charge in [0.2, 0.25) is 0 Å². The highest BCUT2D eigenvalue weighted by atomic mass is 35.5. The maximum absolute atomic E-state index is 6.29. The van der Waals surface area contributed by atoms with E-state index in [1.165, 1.54) is 0 Å². The van der Waals surface area contributed by atoms with E-state index in [9.17, 15) is 0 Å². The fourth-order valence-corrected chi connectivity index (χ4v) is 3.74. The van der Waals surface area contributed by atoms with Crippen molar-refractivity contribution in [3.63, 3.8) is 0 Å². The van der Waals surface area contributed by atoms with Gasteiger partial charge in [-0.2, -0.15) is 5.10 Å². The van der Waals surface area contributed by atoms with Crippen molar-refractivity contribution in [3.05, 3.63) is 76.3 Å². The zero-order chi connectivity index (χ0) is 18.5. The molecule has 134 valence electrons. The van der Waals surface area contributed by atoms with Crippen molar-refractivity contribution in [2.75, 3.05) is 0 Å². The van der Waals surface area contributed by atoms with Crippen LogP contribution in [0.25, 0.3) is 17.1 Å². The maximum atomic E-state index is 6.29. The van der Waals surface area contributed by atoms with Crippen LogP contribution >= 0.6 is 11.6 Å². The number of aryl methyl sites for hydroxylation is 2. The predicted octanol–water partition coefficient (Wildman–Crippen LogP) is 3.75. The molecule has 0 bridgehead atoms. The summed E-state index contributed by atoms with van der Waals surface area (Å²) in [5.74, 6) is 1.61. The van der Waals surface area contributed by atoms with Crippen molar-refractivity contribution < 1.29 is 0 Å². The molecule has 1 aromatic carbocycles. The molecule has 0 aliphatic carbocycles. The molecule has 0 N–H and O–H groups in total. The van der Waals surface area contributed by atoms with Gasteiger partial charge in [0.25, 0.3) is 0 Å². The third-order valence-corrected chi connectivity index (χ3v) is 5.11. The van der Waals surface area contributed by atoms with Crippen LogP contribution in [0.4, 0.5) is 0 Å². The number of rotatable bonds is 2. The highest BCUT2D eigenvalue weighted by Gasteiger charge is 2.24. The minimum atomic E-state index is 0.621. The van der Waals surface area contributed by atoms with Crippen LogP contribution in [0.1, 0.15) is 28.5 Å². The predicted molar refractivity (Wildman–Crippen MR) is 103 cm³/mol. The Bertz CT molecular complexity index is 1170. The lowest BCUT2D eigenvalue weighted by molar-refractivity contribution is 0.664. The number of pyridine rings is 1. The van der Waals surface area contributed by atoms with Gasteiger partial charge in [-0.15, -0.1) is 0 Å². The third kappa shape index (κ3) is 2.73. The Morgan fingerprint density at radius 3 is 2.85 bits per heavy atom. The standard InChI is InChI=1S/C20H17ClN6/c1-12-7-14(5-6-22-12)8-19-24-20-16-9-15(21)3-4-17(16)26-11-23-13(2)18(26)10-27(20)25-19/h3-7,9,11H,8,10H2,1-2H3. The number of halogens is 1. The molecule has 0 atom stereocenters. The molecule has 1 aliphatic rings. The second-order valence-electron chi connectivity index (χ2n) is 6.80. The van der Waals surface area contributed by atoms with E-state index in [4.69, 9.17) is 21.7 Å². The van der Waals surface area contributed by atoms with E-state index in [2.05, 4.69) is 20.6 Å². The molecule has 0 saturated heterocycles. The van der Waals surface area contributed by atoms with E-state index in [0.29, 0.717) is 18.0 Å². The molecule has 0 amide bonds. The molecule has 5 rings (SSSR count).